The van der Waals surface area contributed by atoms with E-state index >= 15 is 0 Å². The van der Waals surface area contributed by atoms with Crippen LogP contribution in [0, 0.1) is 17.8 Å². The van der Waals surface area contributed by atoms with E-state index in [1.54, 1.807) is 0 Å². The molecule has 0 unspecified atom stereocenters. The Balaban J connectivity index is 0.000000847. The molecule has 1 amide bonds. The number of amides is 1. The van der Waals surface area contributed by atoms with Crippen molar-refractivity contribution in [3.63, 3.8) is 0 Å². The van der Waals surface area contributed by atoms with Crippen LogP contribution in [0.25, 0.3) is 0 Å². The number of hydrogen-bond acceptors (Lipinski definition) is 3. The van der Waals surface area contributed by atoms with Gasteiger partial charge in [0.2, 0.25) is 5.91 Å². The van der Waals surface area contributed by atoms with Gasteiger partial charge in [-0.05, 0) is 44.2 Å². The first-order valence-electron chi connectivity index (χ1n) is 8.88. The molecule has 3 heterocycles. The summed E-state index contributed by atoms with van der Waals surface area (Å²) in [5.41, 5.74) is 0. The summed E-state index contributed by atoms with van der Waals surface area (Å²) in [4.78, 5) is 17.0. The molecule has 0 aromatic carbocycles. The average molecular weight is 307 g/mol. The molecular weight excluding hydrogens is 274 g/mol. The summed E-state index contributed by atoms with van der Waals surface area (Å²) in [5.74, 6) is 2.39. The number of nitrogens with one attached hydrogen (secondary N) is 1. The molecule has 4 nitrogen and oxygen atoms in total. The van der Waals surface area contributed by atoms with Gasteiger partial charge in [0.25, 0.3) is 0 Å². The summed E-state index contributed by atoms with van der Waals surface area (Å²) < 4.78 is 0. The molecule has 126 valence electrons. The lowest BCUT2D eigenvalue weighted by Gasteiger charge is -2.37. The zero-order valence-corrected chi connectivity index (χ0v) is 14.4. The van der Waals surface area contributed by atoms with E-state index in [2.05, 4.69) is 42.1 Å². The lowest BCUT2D eigenvalue weighted by molar-refractivity contribution is -0.136. The molecule has 0 spiro atoms. The van der Waals surface area contributed by atoms with Crippen LogP contribution in [0.1, 0.15) is 33.1 Å². The second kappa shape index (κ2) is 8.11. The van der Waals surface area contributed by atoms with Gasteiger partial charge in [0.05, 0.1) is 5.92 Å². The molecule has 0 aliphatic carbocycles. The van der Waals surface area contributed by atoms with Crippen molar-refractivity contribution >= 4 is 5.91 Å². The first-order chi connectivity index (χ1) is 10.6. The second-order valence-electron chi connectivity index (χ2n) is 7.20. The van der Waals surface area contributed by atoms with Crippen LogP contribution in [-0.4, -0.2) is 61.0 Å². The van der Waals surface area contributed by atoms with Crippen molar-refractivity contribution in [3.05, 3.63) is 13.2 Å². The quantitative estimate of drug-likeness (QED) is 0.810. The van der Waals surface area contributed by atoms with Crippen molar-refractivity contribution < 1.29 is 4.79 Å². The Morgan fingerprint density at radius 3 is 2.23 bits per heavy atom. The highest BCUT2D eigenvalue weighted by Gasteiger charge is 2.36. The van der Waals surface area contributed by atoms with Crippen molar-refractivity contribution in [2.45, 2.75) is 39.2 Å². The van der Waals surface area contributed by atoms with E-state index in [0.717, 1.165) is 38.0 Å². The Labute approximate surface area is 135 Å². The molecular formula is C18H33N3O. The first kappa shape index (κ1) is 17.5. The maximum Gasteiger partial charge on any atom is 0.228 e. The number of carbonyl (C=O) groups is 1. The molecule has 3 aliphatic heterocycles. The van der Waals surface area contributed by atoms with Gasteiger partial charge in [-0.25, -0.2) is 0 Å². The fraction of sp³-hybridized carbons (Fsp3) is 0.833. The average Bonchev–Trinajstić information content (AvgIpc) is 2.97. The highest BCUT2D eigenvalue weighted by Crippen LogP contribution is 2.28. The normalized spacial score (nSPS) is 27.4. The molecule has 4 heteroatoms. The molecule has 0 bridgehead atoms. The Morgan fingerprint density at radius 1 is 1.09 bits per heavy atom. The van der Waals surface area contributed by atoms with Crippen LogP contribution in [0.5, 0.6) is 0 Å². The van der Waals surface area contributed by atoms with E-state index < -0.39 is 0 Å². The summed E-state index contributed by atoms with van der Waals surface area (Å²) in [6, 6.07) is 0.625. The van der Waals surface area contributed by atoms with Crippen LogP contribution < -0.4 is 5.32 Å². The second-order valence-corrected chi connectivity index (χ2v) is 7.20. The highest BCUT2D eigenvalue weighted by molar-refractivity contribution is 5.80. The van der Waals surface area contributed by atoms with Crippen LogP contribution in [-0.2, 0) is 4.79 Å². The number of carbonyl (C=O) groups excluding carboxylic acids is 1. The van der Waals surface area contributed by atoms with Crippen molar-refractivity contribution in [1.29, 1.82) is 0 Å². The molecule has 3 saturated heterocycles. The van der Waals surface area contributed by atoms with Crippen LogP contribution >= 0.6 is 0 Å². The molecule has 3 rings (SSSR count). The van der Waals surface area contributed by atoms with Gasteiger partial charge in [0.1, 0.15) is 0 Å². The SMILES string of the molecule is C=C.CC(C)C1CCN([C@@H]2CCN(C(=O)C3CNC3)C2)CC1. The predicted octanol–water partition coefficient (Wildman–Crippen LogP) is 1.98. The number of hydrogen-bond donors (Lipinski definition) is 1. The largest absolute Gasteiger partial charge is 0.341 e. The van der Waals surface area contributed by atoms with Gasteiger partial charge in [0, 0.05) is 32.2 Å². The highest BCUT2D eigenvalue weighted by atomic mass is 16.2. The van der Waals surface area contributed by atoms with Gasteiger partial charge in [-0.15, -0.1) is 13.2 Å². The topological polar surface area (TPSA) is 35.6 Å². The van der Waals surface area contributed by atoms with E-state index in [1.165, 1.54) is 32.4 Å². The van der Waals surface area contributed by atoms with E-state index in [9.17, 15) is 4.79 Å². The Hall–Kier alpha value is -0.870. The number of piperidine rings is 1. The number of likely N-dealkylation sites (tertiary alicyclic amines) is 2. The Bertz CT molecular complexity index is 359. The van der Waals surface area contributed by atoms with Crippen LogP contribution in [0.15, 0.2) is 13.2 Å². The minimum Gasteiger partial charge on any atom is -0.341 e. The smallest absolute Gasteiger partial charge is 0.228 e. The summed E-state index contributed by atoms with van der Waals surface area (Å²) in [7, 11) is 0. The molecule has 0 radical (unpaired) electrons. The summed E-state index contributed by atoms with van der Waals surface area (Å²) >= 11 is 0. The summed E-state index contributed by atoms with van der Waals surface area (Å²) in [6.45, 7) is 16.9. The Kier molecular flexibility index (Phi) is 6.45. The third kappa shape index (κ3) is 3.90. The standard InChI is InChI=1S/C16H29N3O.C2H4/c1-12(2)13-3-6-18(7-4-13)15-5-8-19(11-15)16(20)14-9-17-10-14;1-2/h12-15,17H,3-11H2,1-2H3;1-2H2/t15-;/m1./s1. The molecule has 0 saturated carbocycles. The van der Waals surface area contributed by atoms with Crippen LogP contribution in [0.4, 0.5) is 0 Å². The third-order valence-electron chi connectivity index (χ3n) is 5.64. The molecule has 0 aromatic rings. The van der Waals surface area contributed by atoms with E-state index in [-0.39, 0.29) is 5.92 Å². The van der Waals surface area contributed by atoms with E-state index in [1.807, 2.05) is 0 Å². The van der Waals surface area contributed by atoms with Crippen molar-refractivity contribution in [1.82, 2.24) is 15.1 Å². The number of nitrogens with zero attached hydrogens (tertiary/aromatic N) is 2. The van der Waals surface area contributed by atoms with Gasteiger partial charge in [-0.1, -0.05) is 13.8 Å². The lowest BCUT2D eigenvalue weighted by atomic mass is 9.86. The van der Waals surface area contributed by atoms with E-state index in [0.29, 0.717) is 11.9 Å². The van der Waals surface area contributed by atoms with Gasteiger partial charge in [-0.3, -0.25) is 9.69 Å². The van der Waals surface area contributed by atoms with Crippen molar-refractivity contribution in [2.24, 2.45) is 17.8 Å². The minimum absolute atomic E-state index is 0.264. The minimum atomic E-state index is 0.264. The zero-order chi connectivity index (χ0) is 16.1. The monoisotopic (exact) mass is 307 g/mol. The molecule has 1 N–H and O–H groups in total. The summed E-state index contributed by atoms with van der Waals surface area (Å²) in [5, 5.41) is 3.20. The van der Waals surface area contributed by atoms with Gasteiger partial charge in [-0.2, -0.15) is 0 Å². The van der Waals surface area contributed by atoms with Crippen LogP contribution in [0.2, 0.25) is 0 Å². The molecule has 0 aromatic heterocycles. The molecule has 22 heavy (non-hydrogen) atoms. The maximum atomic E-state index is 12.3. The predicted molar refractivity (Wildman–Crippen MR) is 91.7 cm³/mol. The summed E-state index contributed by atoms with van der Waals surface area (Å²) in [6.07, 6.45) is 3.86. The molecule has 3 aliphatic rings. The number of rotatable bonds is 3. The maximum absolute atomic E-state index is 12.3. The zero-order valence-electron chi connectivity index (χ0n) is 14.4. The van der Waals surface area contributed by atoms with Crippen molar-refractivity contribution in [2.75, 3.05) is 39.3 Å². The van der Waals surface area contributed by atoms with Crippen molar-refractivity contribution in [3.8, 4) is 0 Å². The third-order valence-corrected chi connectivity index (χ3v) is 5.64. The lowest BCUT2D eigenvalue weighted by Crippen LogP contribution is -2.52. The fourth-order valence-corrected chi connectivity index (χ4v) is 3.91. The fourth-order valence-electron chi connectivity index (χ4n) is 3.91. The molecule has 1 atom stereocenters. The van der Waals surface area contributed by atoms with Crippen LogP contribution in [0.3, 0.4) is 0 Å². The Morgan fingerprint density at radius 2 is 1.73 bits per heavy atom. The van der Waals surface area contributed by atoms with Gasteiger partial charge in [0.15, 0.2) is 0 Å². The van der Waals surface area contributed by atoms with Gasteiger partial charge >= 0.3 is 0 Å². The molecule has 3 fully saturated rings. The van der Waals surface area contributed by atoms with Gasteiger partial charge < -0.3 is 10.2 Å². The first-order valence-corrected chi connectivity index (χ1v) is 8.88. The van der Waals surface area contributed by atoms with E-state index in [4.69, 9.17) is 0 Å².